The van der Waals surface area contributed by atoms with Gasteiger partial charge in [-0.15, -0.1) is 0 Å². The second-order valence-electron chi connectivity index (χ2n) is 7.59. The van der Waals surface area contributed by atoms with Gasteiger partial charge >= 0.3 is 0 Å². The molecule has 0 spiro atoms. The van der Waals surface area contributed by atoms with Gasteiger partial charge in [-0.3, -0.25) is 9.59 Å². The lowest BCUT2D eigenvalue weighted by molar-refractivity contribution is -0.122. The van der Waals surface area contributed by atoms with Crippen LogP contribution in [-0.4, -0.2) is 25.0 Å². The summed E-state index contributed by atoms with van der Waals surface area (Å²) in [7, 11) is 1.61. The largest absolute Gasteiger partial charge is 0.497 e. The third kappa shape index (κ3) is 5.84. The van der Waals surface area contributed by atoms with E-state index in [-0.39, 0.29) is 17.2 Å². The van der Waals surface area contributed by atoms with Gasteiger partial charge in [0.15, 0.2) is 0 Å². The Kier molecular flexibility index (Phi) is 6.61. The molecule has 1 atom stereocenters. The summed E-state index contributed by atoms with van der Waals surface area (Å²) in [4.78, 5) is 24.6. The van der Waals surface area contributed by atoms with Crippen LogP contribution in [0.3, 0.4) is 0 Å². The molecule has 2 rings (SSSR count). The standard InChI is InChI=1S/C22H28N2O3/c1-15(20(25)23-14-16-6-12-19(27-5)13-7-16)24-21(26)17-8-10-18(11-9-17)22(2,3)4/h6-13,15H,14H2,1-5H3,(H,23,25)(H,24,26)/t15-/m0/s1. The highest BCUT2D eigenvalue weighted by Crippen LogP contribution is 2.22. The Morgan fingerprint density at radius 3 is 2.11 bits per heavy atom. The van der Waals surface area contributed by atoms with Crippen molar-refractivity contribution in [2.45, 2.75) is 45.7 Å². The molecule has 0 unspecified atom stereocenters. The van der Waals surface area contributed by atoms with Gasteiger partial charge in [0.25, 0.3) is 5.91 Å². The summed E-state index contributed by atoms with van der Waals surface area (Å²) < 4.78 is 5.11. The molecule has 2 amide bonds. The first-order chi connectivity index (χ1) is 12.7. The number of carbonyl (C=O) groups is 2. The van der Waals surface area contributed by atoms with E-state index in [4.69, 9.17) is 4.74 Å². The highest BCUT2D eigenvalue weighted by atomic mass is 16.5. The van der Waals surface area contributed by atoms with Crippen molar-refractivity contribution in [3.8, 4) is 5.75 Å². The van der Waals surface area contributed by atoms with Crippen LogP contribution in [0.2, 0.25) is 0 Å². The first kappa shape index (κ1) is 20.5. The van der Waals surface area contributed by atoms with Crippen LogP contribution in [0.25, 0.3) is 0 Å². The summed E-state index contributed by atoms with van der Waals surface area (Å²) in [5.41, 5.74) is 2.69. The zero-order valence-electron chi connectivity index (χ0n) is 16.6. The molecule has 144 valence electrons. The molecule has 2 N–H and O–H groups in total. The van der Waals surface area contributed by atoms with Gasteiger partial charge in [0.1, 0.15) is 11.8 Å². The number of amides is 2. The molecule has 0 saturated carbocycles. The summed E-state index contributed by atoms with van der Waals surface area (Å²) in [6.45, 7) is 8.43. The lowest BCUT2D eigenvalue weighted by Gasteiger charge is -2.19. The van der Waals surface area contributed by atoms with Gasteiger partial charge in [0.2, 0.25) is 5.91 Å². The molecule has 27 heavy (non-hydrogen) atoms. The average Bonchev–Trinajstić information content (AvgIpc) is 2.65. The Hall–Kier alpha value is -2.82. The van der Waals surface area contributed by atoms with E-state index in [1.807, 2.05) is 36.4 Å². The molecule has 0 aromatic heterocycles. The van der Waals surface area contributed by atoms with Gasteiger partial charge in [-0.25, -0.2) is 0 Å². The molecule has 0 saturated heterocycles. The number of hydrogen-bond acceptors (Lipinski definition) is 3. The van der Waals surface area contributed by atoms with Gasteiger partial charge in [0, 0.05) is 12.1 Å². The number of hydrogen-bond donors (Lipinski definition) is 2. The van der Waals surface area contributed by atoms with Crippen LogP contribution in [0.1, 0.15) is 49.2 Å². The molecule has 0 aliphatic heterocycles. The van der Waals surface area contributed by atoms with E-state index in [0.717, 1.165) is 16.9 Å². The number of carbonyl (C=O) groups excluding carboxylic acids is 2. The maximum Gasteiger partial charge on any atom is 0.251 e. The Bertz CT molecular complexity index is 775. The Morgan fingerprint density at radius 2 is 1.59 bits per heavy atom. The normalized spacial score (nSPS) is 12.2. The van der Waals surface area contributed by atoms with Gasteiger partial charge in [-0.1, -0.05) is 45.0 Å². The van der Waals surface area contributed by atoms with Crippen LogP contribution in [0.5, 0.6) is 5.75 Å². The second kappa shape index (κ2) is 8.71. The summed E-state index contributed by atoms with van der Waals surface area (Å²) in [5, 5.41) is 5.57. The van der Waals surface area contributed by atoms with Gasteiger partial charge in [-0.2, -0.15) is 0 Å². The minimum absolute atomic E-state index is 0.0314. The number of benzene rings is 2. The molecule has 0 radical (unpaired) electrons. The van der Waals surface area contributed by atoms with Crippen molar-refractivity contribution in [1.29, 1.82) is 0 Å². The van der Waals surface area contributed by atoms with Crippen LogP contribution in [-0.2, 0) is 16.8 Å². The van der Waals surface area contributed by atoms with Crippen LogP contribution in [0, 0.1) is 0 Å². The lowest BCUT2D eigenvalue weighted by atomic mass is 9.86. The monoisotopic (exact) mass is 368 g/mol. The highest BCUT2D eigenvalue weighted by molar-refractivity contribution is 5.97. The predicted octanol–water partition coefficient (Wildman–Crippen LogP) is 3.43. The minimum Gasteiger partial charge on any atom is -0.497 e. The number of methoxy groups -OCH3 is 1. The van der Waals surface area contributed by atoms with Gasteiger partial charge in [0.05, 0.1) is 7.11 Å². The van der Waals surface area contributed by atoms with Crippen LogP contribution < -0.4 is 15.4 Å². The number of ether oxygens (including phenoxy) is 1. The molecule has 2 aromatic rings. The second-order valence-corrected chi connectivity index (χ2v) is 7.59. The van der Waals surface area contributed by atoms with Crippen molar-refractivity contribution in [1.82, 2.24) is 10.6 Å². The van der Waals surface area contributed by atoms with E-state index in [1.165, 1.54) is 0 Å². The Labute approximate surface area is 161 Å². The lowest BCUT2D eigenvalue weighted by Crippen LogP contribution is -2.44. The summed E-state index contributed by atoms with van der Waals surface area (Å²) in [5.74, 6) is 0.274. The Balaban J connectivity index is 1.88. The maximum absolute atomic E-state index is 12.4. The van der Waals surface area contributed by atoms with Gasteiger partial charge in [-0.05, 0) is 47.7 Å². The van der Waals surface area contributed by atoms with Crippen molar-refractivity contribution in [3.05, 3.63) is 65.2 Å². The van der Waals surface area contributed by atoms with Crippen molar-refractivity contribution >= 4 is 11.8 Å². The van der Waals surface area contributed by atoms with Crippen LogP contribution in [0.15, 0.2) is 48.5 Å². The average molecular weight is 368 g/mol. The number of rotatable bonds is 6. The molecule has 0 aliphatic rings. The summed E-state index contributed by atoms with van der Waals surface area (Å²) >= 11 is 0. The van der Waals surface area contributed by atoms with Crippen molar-refractivity contribution in [2.75, 3.05) is 7.11 Å². The maximum atomic E-state index is 12.4. The zero-order chi connectivity index (χ0) is 20.0. The number of nitrogens with one attached hydrogen (secondary N) is 2. The molecular formula is C22H28N2O3. The Morgan fingerprint density at radius 1 is 1.00 bits per heavy atom. The fraction of sp³-hybridized carbons (Fsp3) is 0.364. The summed E-state index contributed by atoms with van der Waals surface area (Å²) in [6.07, 6.45) is 0. The molecule has 0 bridgehead atoms. The topological polar surface area (TPSA) is 67.4 Å². The predicted molar refractivity (Wildman–Crippen MR) is 107 cm³/mol. The molecule has 0 fully saturated rings. The fourth-order valence-electron chi connectivity index (χ4n) is 2.55. The zero-order valence-corrected chi connectivity index (χ0v) is 16.6. The molecule has 0 aliphatic carbocycles. The van der Waals surface area contributed by atoms with Crippen LogP contribution in [0.4, 0.5) is 0 Å². The third-order valence-electron chi connectivity index (χ3n) is 4.38. The van der Waals surface area contributed by atoms with E-state index in [2.05, 4.69) is 31.4 Å². The molecule has 2 aromatic carbocycles. The highest BCUT2D eigenvalue weighted by Gasteiger charge is 2.18. The van der Waals surface area contributed by atoms with Crippen LogP contribution >= 0.6 is 0 Å². The first-order valence-electron chi connectivity index (χ1n) is 9.03. The van der Waals surface area contributed by atoms with E-state index in [1.54, 1.807) is 26.2 Å². The quantitative estimate of drug-likeness (QED) is 0.821. The van der Waals surface area contributed by atoms with E-state index in [9.17, 15) is 9.59 Å². The summed E-state index contributed by atoms with van der Waals surface area (Å²) in [6, 6.07) is 14.3. The fourth-order valence-corrected chi connectivity index (χ4v) is 2.55. The van der Waals surface area contributed by atoms with E-state index < -0.39 is 6.04 Å². The minimum atomic E-state index is -0.627. The van der Waals surface area contributed by atoms with Gasteiger partial charge < -0.3 is 15.4 Å². The molecule has 5 heteroatoms. The van der Waals surface area contributed by atoms with Crippen molar-refractivity contribution < 1.29 is 14.3 Å². The van der Waals surface area contributed by atoms with E-state index in [0.29, 0.717) is 12.1 Å². The smallest absolute Gasteiger partial charge is 0.251 e. The van der Waals surface area contributed by atoms with Crippen molar-refractivity contribution in [3.63, 3.8) is 0 Å². The third-order valence-corrected chi connectivity index (χ3v) is 4.38. The van der Waals surface area contributed by atoms with E-state index >= 15 is 0 Å². The molecule has 5 nitrogen and oxygen atoms in total. The SMILES string of the molecule is COc1ccc(CNC(=O)[C@H](C)NC(=O)c2ccc(C(C)(C)C)cc2)cc1. The van der Waals surface area contributed by atoms with Crippen molar-refractivity contribution in [2.24, 2.45) is 0 Å². The molecular weight excluding hydrogens is 340 g/mol. The first-order valence-corrected chi connectivity index (χ1v) is 9.03. The molecule has 0 heterocycles.